The van der Waals surface area contributed by atoms with E-state index in [0.717, 1.165) is 18.4 Å². The molecule has 0 aromatic carbocycles. The zero-order chi connectivity index (χ0) is 16.1. The molecule has 120 valence electrons. The average molecular weight is 324 g/mol. The van der Waals surface area contributed by atoms with E-state index in [1.807, 2.05) is 0 Å². The molecule has 0 amide bonds. The van der Waals surface area contributed by atoms with Crippen molar-refractivity contribution in [1.82, 2.24) is 0 Å². The van der Waals surface area contributed by atoms with E-state index in [2.05, 4.69) is 24.7 Å². The molecule has 3 aliphatic rings. The van der Waals surface area contributed by atoms with Crippen molar-refractivity contribution in [3.63, 3.8) is 0 Å². The van der Waals surface area contributed by atoms with E-state index in [-0.39, 0.29) is 12.0 Å². The smallest absolute Gasteiger partial charge is 0.460 e. The first kappa shape index (κ1) is 16.4. The van der Waals surface area contributed by atoms with Crippen LogP contribution in [0.15, 0.2) is 11.6 Å². The summed E-state index contributed by atoms with van der Waals surface area (Å²) in [5, 5.41) is -4.92. The van der Waals surface area contributed by atoms with Crippen LogP contribution < -0.4 is 0 Å². The third-order valence-corrected chi connectivity index (χ3v) is 5.52. The fourth-order valence-corrected chi connectivity index (χ4v) is 3.27. The van der Waals surface area contributed by atoms with E-state index in [9.17, 15) is 22.0 Å². The van der Waals surface area contributed by atoms with E-state index >= 15 is 0 Å². The zero-order valence-corrected chi connectivity index (χ0v) is 12.6. The maximum atomic E-state index is 12.9. The van der Waals surface area contributed by atoms with Crippen molar-refractivity contribution >= 4 is 16.1 Å². The molecule has 2 atom stereocenters. The van der Waals surface area contributed by atoms with Crippen molar-refractivity contribution < 1.29 is 31.3 Å². The second-order valence-corrected chi connectivity index (χ2v) is 7.73. The molecule has 0 aromatic rings. The molecule has 0 aliphatic heterocycles. The van der Waals surface area contributed by atoms with Crippen LogP contribution in [0, 0.1) is 17.3 Å². The molecular formula is C13H18F2O5S. The van der Waals surface area contributed by atoms with Crippen molar-refractivity contribution in [2.45, 2.75) is 38.4 Å². The Bertz CT molecular complexity index is 579. The summed E-state index contributed by atoms with van der Waals surface area (Å²) in [6.45, 7) is 4.05. The molecular weight excluding hydrogens is 306 g/mol. The van der Waals surface area contributed by atoms with Crippen LogP contribution >= 0.6 is 0 Å². The Morgan fingerprint density at radius 3 is 2.57 bits per heavy atom. The van der Waals surface area contributed by atoms with Crippen molar-refractivity contribution in [2.24, 2.45) is 17.3 Å². The largest absolute Gasteiger partial charge is 0.465 e. The lowest BCUT2D eigenvalue weighted by molar-refractivity contribution is -0.161. The number of ether oxygens (including phenoxy) is 1. The summed E-state index contributed by atoms with van der Waals surface area (Å²) < 4.78 is 59.2. The minimum absolute atomic E-state index is 0.262. The molecule has 0 spiro atoms. The molecule has 21 heavy (non-hydrogen) atoms. The highest BCUT2D eigenvalue weighted by atomic mass is 32.2. The second-order valence-electron chi connectivity index (χ2n) is 6.27. The summed E-state index contributed by atoms with van der Waals surface area (Å²) >= 11 is 0. The molecule has 5 nitrogen and oxygen atoms in total. The third-order valence-electron chi connectivity index (χ3n) is 4.71. The molecule has 0 heterocycles. The molecule has 0 aromatic heterocycles. The van der Waals surface area contributed by atoms with Gasteiger partial charge in [-0.05, 0) is 30.1 Å². The lowest BCUT2D eigenvalue weighted by atomic mass is 9.50. The molecule has 1 N–H and O–H groups in total. The minimum Gasteiger partial charge on any atom is -0.460 e. The van der Waals surface area contributed by atoms with E-state index in [4.69, 9.17) is 4.55 Å². The van der Waals surface area contributed by atoms with Gasteiger partial charge < -0.3 is 4.74 Å². The Kier molecular flexibility index (Phi) is 3.90. The highest BCUT2D eigenvalue weighted by Gasteiger charge is 2.54. The number of carbonyl (C=O) groups is 1. The first-order chi connectivity index (χ1) is 9.46. The van der Waals surface area contributed by atoms with Gasteiger partial charge in [-0.3, -0.25) is 4.55 Å². The van der Waals surface area contributed by atoms with Gasteiger partial charge in [-0.1, -0.05) is 25.5 Å². The third kappa shape index (κ3) is 2.83. The number of fused-ring (bicyclic) bond motifs is 1. The van der Waals surface area contributed by atoms with Crippen molar-refractivity contribution in [3.05, 3.63) is 11.6 Å². The molecule has 2 bridgehead atoms. The van der Waals surface area contributed by atoms with Crippen molar-refractivity contribution in [2.75, 3.05) is 6.61 Å². The van der Waals surface area contributed by atoms with Crippen LogP contribution in [0.4, 0.5) is 8.78 Å². The molecule has 3 rings (SSSR count). The Hall–Kier alpha value is -1.02. The first-order valence-corrected chi connectivity index (χ1v) is 8.12. The summed E-state index contributed by atoms with van der Waals surface area (Å²) in [6, 6.07) is 0. The van der Waals surface area contributed by atoms with Gasteiger partial charge in [0, 0.05) is 6.42 Å². The van der Waals surface area contributed by atoms with Gasteiger partial charge in [-0.15, -0.1) is 0 Å². The number of rotatable bonds is 5. The number of hydrogen-bond donors (Lipinski definition) is 1. The summed E-state index contributed by atoms with van der Waals surface area (Å²) in [5.74, 6) is -1.23. The van der Waals surface area contributed by atoms with Gasteiger partial charge in [0.1, 0.15) is 0 Å². The molecule has 3 aliphatic carbocycles. The quantitative estimate of drug-likeness (QED) is 0.477. The maximum Gasteiger partial charge on any atom is 0.465 e. The Balaban J connectivity index is 1.85. The van der Waals surface area contributed by atoms with Gasteiger partial charge >= 0.3 is 21.3 Å². The SMILES string of the molecule is CC1(C)C2C=C(CCOC(=O)C(F)(F)S(=O)(=O)O)CC1C2. The number of alkyl halides is 2. The van der Waals surface area contributed by atoms with Gasteiger partial charge in [-0.25, -0.2) is 4.79 Å². The van der Waals surface area contributed by atoms with Crippen LogP contribution in [-0.4, -0.2) is 30.8 Å². The van der Waals surface area contributed by atoms with Crippen molar-refractivity contribution in [1.29, 1.82) is 0 Å². The average Bonchev–Trinajstić information content (AvgIpc) is 2.37. The van der Waals surface area contributed by atoms with Crippen molar-refractivity contribution in [3.8, 4) is 0 Å². The van der Waals surface area contributed by atoms with E-state index in [0.29, 0.717) is 18.3 Å². The number of carbonyl (C=O) groups excluding carboxylic acids is 1. The van der Waals surface area contributed by atoms with Gasteiger partial charge in [0.05, 0.1) is 6.61 Å². The lowest BCUT2D eigenvalue weighted by Crippen LogP contribution is -2.46. The fourth-order valence-electron chi connectivity index (χ4n) is 3.00. The van der Waals surface area contributed by atoms with Gasteiger partial charge in [0.25, 0.3) is 0 Å². The van der Waals surface area contributed by atoms with Gasteiger partial charge in [0.15, 0.2) is 0 Å². The molecule has 2 unspecified atom stereocenters. The maximum absolute atomic E-state index is 12.9. The van der Waals surface area contributed by atoms with Crippen LogP contribution in [-0.2, 0) is 19.6 Å². The summed E-state index contributed by atoms with van der Waals surface area (Å²) in [7, 11) is -5.80. The second kappa shape index (κ2) is 5.01. The Labute approximate surface area is 122 Å². The van der Waals surface area contributed by atoms with Crippen LogP contribution in [0.2, 0.25) is 0 Å². The van der Waals surface area contributed by atoms with Gasteiger partial charge in [0.2, 0.25) is 0 Å². The van der Waals surface area contributed by atoms with E-state index in [1.165, 1.54) is 0 Å². The zero-order valence-electron chi connectivity index (χ0n) is 11.8. The van der Waals surface area contributed by atoms with Crippen LogP contribution in [0.5, 0.6) is 0 Å². The highest BCUT2D eigenvalue weighted by Crippen LogP contribution is 2.58. The number of hydrogen-bond acceptors (Lipinski definition) is 4. The van der Waals surface area contributed by atoms with E-state index < -0.39 is 21.3 Å². The monoisotopic (exact) mass is 324 g/mol. The summed E-state index contributed by atoms with van der Waals surface area (Å²) in [5.41, 5.74) is 1.30. The topological polar surface area (TPSA) is 80.7 Å². The summed E-state index contributed by atoms with van der Waals surface area (Å²) in [6.07, 6.45) is 4.36. The lowest BCUT2D eigenvalue weighted by Gasteiger charge is -2.55. The number of allylic oxidation sites excluding steroid dienone is 1. The summed E-state index contributed by atoms with van der Waals surface area (Å²) in [4.78, 5) is 11.0. The molecule has 0 radical (unpaired) electrons. The number of halogens is 2. The normalized spacial score (nSPS) is 27.6. The minimum atomic E-state index is -5.80. The fraction of sp³-hybridized carbons (Fsp3) is 0.769. The van der Waals surface area contributed by atoms with Crippen LogP contribution in [0.25, 0.3) is 0 Å². The molecule has 1 saturated carbocycles. The van der Waals surface area contributed by atoms with Crippen LogP contribution in [0.3, 0.4) is 0 Å². The molecule has 0 saturated heterocycles. The predicted molar refractivity (Wildman–Crippen MR) is 70.1 cm³/mol. The van der Waals surface area contributed by atoms with Gasteiger partial charge in [-0.2, -0.15) is 17.2 Å². The predicted octanol–water partition coefficient (Wildman–Crippen LogP) is 2.39. The first-order valence-electron chi connectivity index (χ1n) is 6.68. The number of esters is 1. The highest BCUT2D eigenvalue weighted by molar-refractivity contribution is 7.87. The molecule has 1 fully saturated rings. The Morgan fingerprint density at radius 2 is 2.14 bits per heavy atom. The Morgan fingerprint density at radius 1 is 1.52 bits per heavy atom. The van der Waals surface area contributed by atoms with E-state index in [1.54, 1.807) is 0 Å². The standard InChI is InChI=1S/C13H18F2O5S/c1-12(2)9-5-8(6-10(12)7-9)3-4-20-11(16)13(14,15)21(17,18)19/h5,9-10H,3-4,6-7H2,1-2H3,(H,17,18,19). The molecule has 8 heteroatoms. The van der Waals surface area contributed by atoms with Crippen LogP contribution in [0.1, 0.15) is 33.1 Å².